The Morgan fingerprint density at radius 2 is 1.61 bits per heavy atom. The summed E-state index contributed by atoms with van der Waals surface area (Å²) in [6.07, 6.45) is 0. The topological polar surface area (TPSA) is 159 Å². The molecule has 13 heteroatoms. The number of hydrogen-bond donors (Lipinski definition) is 2. The molecule has 0 aliphatic carbocycles. The number of amides is 2. The van der Waals surface area contributed by atoms with Gasteiger partial charge in [0.25, 0.3) is 0 Å². The zero-order valence-electron chi connectivity index (χ0n) is 15.1. The summed E-state index contributed by atoms with van der Waals surface area (Å²) in [6, 6.07) is 4.57. The molecule has 1 aromatic carbocycles. The van der Waals surface area contributed by atoms with Gasteiger partial charge in [0, 0.05) is 0 Å². The summed E-state index contributed by atoms with van der Waals surface area (Å²) in [7, 11) is -0.389. The number of hydrogen-bond acceptors (Lipinski definition) is 10. The third-order valence-electron chi connectivity index (χ3n) is 3.20. The molecule has 0 unspecified atom stereocenters. The Bertz CT molecular complexity index is 958. The average molecular weight is 411 g/mol. The summed E-state index contributed by atoms with van der Waals surface area (Å²) in [5.74, 6) is -1.61. The van der Waals surface area contributed by atoms with Crippen LogP contribution in [-0.4, -0.2) is 56.7 Å². The van der Waals surface area contributed by atoms with Crippen molar-refractivity contribution in [2.24, 2.45) is 0 Å². The Labute approximate surface area is 160 Å². The lowest BCUT2D eigenvalue weighted by atomic mass is 10.1. The molecule has 0 aliphatic rings. The molecule has 0 bridgehead atoms. The molecular formula is C15H17N5O7S. The van der Waals surface area contributed by atoms with Gasteiger partial charge in [-0.2, -0.15) is 9.97 Å². The van der Waals surface area contributed by atoms with Crippen LogP contribution in [0.5, 0.6) is 12.0 Å². The Hall–Kier alpha value is -3.48. The van der Waals surface area contributed by atoms with Crippen molar-refractivity contribution in [3.05, 3.63) is 35.4 Å². The van der Waals surface area contributed by atoms with E-state index in [4.69, 9.17) is 9.47 Å². The molecule has 1 heterocycles. The van der Waals surface area contributed by atoms with E-state index in [2.05, 4.69) is 25.0 Å². The van der Waals surface area contributed by atoms with Crippen LogP contribution in [0.2, 0.25) is 0 Å². The van der Waals surface area contributed by atoms with Crippen LogP contribution < -0.4 is 19.5 Å². The smallest absolute Gasteiger partial charge is 0.338 e. The number of carbonyl (C=O) groups excluding carboxylic acids is 2. The quantitative estimate of drug-likeness (QED) is 0.608. The fourth-order valence-corrected chi connectivity index (χ4v) is 3.11. The maximum atomic E-state index is 12.3. The van der Waals surface area contributed by atoms with E-state index in [0.29, 0.717) is 0 Å². The zero-order valence-corrected chi connectivity index (χ0v) is 15.9. The largest absolute Gasteiger partial charge is 0.467 e. The van der Waals surface area contributed by atoms with Gasteiger partial charge in [-0.3, -0.25) is 5.32 Å². The molecule has 2 N–H and O–H groups in total. The molecule has 1 aromatic heterocycles. The lowest BCUT2D eigenvalue weighted by Crippen LogP contribution is -2.36. The van der Waals surface area contributed by atoms with Crippen molar-refractivity contribution >= 4 is 28.0 Å². The van der Waals surface area contributed by atoms with Gasteiger partial charge in [-0.1, -0.05) is 18.2 Å². The second-order valence-corrected chi connectivity index (χ2v) is 6.82. The van der Waals surface area contributed by atoms with Crippen molar-refractivity contribution in [1.29, 1.82) is 0 Å². The Kier molecular flexibility index (Phi) is 6.65. The van der Waals surface area contributed by atoms with Crippen molar-refractivity contribution in [3.8, 4) is 12.0 Å². The number of nitrogens with zero attached hydrogens (tertiary/aromatic N) is 3. The van der Waals surface area contributed by atoms with Crippen LogP contribution in [0.3, 0.4) is 0 Å². The number of ether oxygens (including phenoxy) is 3. The lowest BCUT2D eigenvalue weighted by molar-refractivity contribution is 0.0600. The first-order chi connectivity index (χ1) is 13.3. The fraction of sp³-hybridized carbons (Fsp3) is 0.267. The highest BCUT2D eigenvalue weighted by Gasteiger charge is 2.21. The maximum Gasteiger partial charge on any atom is 0.338 e. The van der Waals surface area contributed by atoms with E-state index in [1.54, 1.807) is 16.9 Å². The molecular weight excluding hydrogens is 394 g/mol. The molecule has 0 aliphatic heterocycles. The Morgan fingerprint density at radius 1 is 1.00 bits per heavy atom. The predicted octanol–water partition coefficient (Wildman–Crippen LogP) is 0.327. The number of benzene rings is 1. The number of urea groups is 1. The summed E-state index contributed by atoms with van der Waals surface area (Å²) in [4.78, 5) is 35.0. The highest BCUT2D eigenvalue weighted by Crippen LogP contribution is 2.14. The minimum Gasteiger partial charge on any atom is -0.467 e. The highest BCUT2D eigenvalue weighted by atomic mass is 32.2. The molecule has 150 valence electrons. The molecule has 12 nitrogen and oxygen atoms in total. The number of anilines is 1. The van der Waals surface area contributed by atoms with Gasteiger partial charge in [0.05, 0.1) is 32.6 Å². The van der Waals surface area contributed by atoms with Crippen LogP contribution in [0.25, 0.3) is 0 Å². The van der Waals surface area contributed by atoms with Crippen LogP contribution in [0.1, 0.15) is 15.9 Å². The summed E-state index contributed by atoms with van der Waals surface area (Å²) >= 11 is 0. The van der Waals surface area contributed by atoms with Crippen molar-refractivity contribution in [2.45, 2.75) is 5.75 Å². The number of sulfonamides is 1. The molecule has 0 saturated heterocycles. The summed E-state index contributed by atoms with van der Waals surface area (Å²) in [5.41, 5.74) is 0.237. The monoisotopic (exact) mass is 411 g/mol. The van der Waals surface area contributed by atoms with Crippen molar-refractivity contribution in [1.82, 2.24) is 19.7 Å². The van der Waals surface area contributed by atoms with Crippen molar-refractivity contribution in [2.75, 3.05) is 26.6 Å². The number of aromatic nitrogens is 3. The lowest BCUT2D eigenvalue weighted by Gasteiger charge is -2.10. The van der Waals surface area contributed by atoms with E-state index < -0.39 is 27.8 Å². The molecule has 0 atom stereocenters. The van der Waals surface area contributed by atoms with Crippen LogP contribution >= 0.6 is 0 Å². The first-order valence-electron chi connectivity index (χ1n) is 7.59. The predicted molar refractivity (Wildman–Crippen MR) is 95.5 cm³/mol. The standard InChI is InChI=1S/C15H17N5O7S/c1-25-11(21)10-7-5-4-6-9(10)8-28(23,24)20-13(22)16-12-17-14(26-2)19-15(18-12)27-3/h4-7H,8H2,1-3H3,(H2,16,17,18,19,20,22). The molecule has 0 radical (unpaired) electrons. The van der Waals surface area contributed by atoms with Crippen LogP contribution in [0, 0.1) is 0 Å². The first-order valence-corrected chi connectivity index (χ1v) is 9.25. The van der Waals surface area contributed by atoms with Gasteiger partial charge in [0.2, 0.25) is 16.0 Å². The molecule has 2 aromatic rings. The van der Waals surface area contributed by atoms with E-state index in [1.807, 2.05) is 0 Å². The number of nitrogens with one attached hydrogen (secondary N) is 2. The van der Waals surface area contributed by atoms with Crippen molar-refractivity contribution < 1.29 is 32.2 Å². The highest BCUT2D eigenvalue weighted by molar-refractivity contribution is 7.89. The second kappa shape index (κ2) is 8.94. The summed E-state index contributed by atoms with van der Waals surface area (Å²) in [6.45, 7) is 0. The molecule has 28 heavy (non-hydrogen) atoms. The van der Waals surface area contributed by atoms with Gasteiger partial charge < -0.3 is 14.2 Å². The first kappa shape index (κ1) is 20.8. The molecule has 2 amide bonds. The molecule has 0 fully saturated rings. The number of rotatable bonds is 7. The van der Waals surface area contributed by atoms with Crippen LogP contribution in [0.4, 0.5) is 10.7 Å². The van der Waals surface area contributed by atoms with E-state index in [9.17, 15) is 18.0 Å². The van der Waals surface area contributed by atoms with E-state index >= 15 is 0 Å². The van der Waals surface area contributed by atoms with Crippen LogP contribution in [-0.2, 0) is 20.5 Å². The number of carbonyl (C=O) groups is 2. The third kappa shape index (κ3) is 5.51. The number of methoxy groups -OCH3 is 3. The van der Waals surface area contributed by atoms with Crippen molar-refractivity contribution in [3.63, 3.8) is 0 Å². The zero-order chi connectivity index (χ0) is 20.7. The van der Waals surface area contributed by atoms with Gasteiger partial charge >= 0.3 is 24.0 Å². The van der Waals surface area contributed by atoms with Gasteiger partial charge in [0.1, 0.15) is 0 Å². The van der Waals surface area contributed by atoms with Gasteiger partial charge in [-0.05, 0) is 11.6 Å². The van der Waals surface area contributed by atoms with Gasteiger partial charge in [0.15, 0.2) is 0 Å². The summed E-state index contributed by atoms with van der Waals surface area (Å²) in [5, 5.41) is 2.14. The second-order valence-electron chi connectivity index (χ2n) is 5.10. The Morgan fingerprint density at radius 3 is 2.18 bits per heavy atom. The maximum absolute atomic E-state index is 12.3. The minimum atomic E-state index is -4.15. The molecule has 0 spiro atoms. The molecule has 2 rings (SSSR count). The van der Waals surface area contributed by atoms with E-state index in [1.165, 1.54) is 33.5 Å². The Balaban J connectivity index is 2.13. The van der Waals surface area contributed by atoms with Gasteiger partial charge in [-0.25, -0.2) is 22.7 Å². The third-order valence-corrected chi connectivity index (χ3v) is 4.39. The normalized spacial score (nSPS) is 10.7. The molecule has 0 saturated carbocycles. The van der Waals surface area contributed by atoms with E-state index in [0.717, 1.165) is 0 Å². The van der Waals surface area contributed by atoms with Gasteiger partial charge in [-0.15, -0.1) is 4.98 Å². The average Bonchev–Trinajstić information content (AvgIpc) is 2.66. The fourth-order valence-electron chi connectivity index (χ4n) is 2.04. The number of esters is 1. The SMILES string of the molecule is COC(=O)c1ccccc1CS(=O)(=O)NC(=O)Nc1nc(OC)nc(OC)n1. The summed E-state index contributed by atoms with van der Waals surface area (Å²) < 4.78 is 40.6. The van der Waals surface area contributed by atoms with Crippen LogP contribution in [0.15, 0.2) is 24.3 Å². The van der Waals surface area contributed by atoms with E-state index in [-0.39, 0.29) is 29.1 Å². The minimum absolute atomic E-state index is 0.0720.